The molecule has 2 nitrogen and oxygen atoms in total. The number of benzene rings is 1. The molecule has 0 bridgehead atoms. The lowest BCUT2D eigenvalue weighted by Gasteiger charge is -2.33. The molecular weight excluding hydrogens is 228 g/mol. The van der Waals surface area contributed by atoms with Crippen LogP contribution in [0.25, 0.3) is 0 Å². The van der Waals surface area contributed by atoms with Gasteiger partial charge in [0.25, 0.3) is 0 Å². The van der Waals surface area contributed by atoms with Gasteiger partial charge in [0, 0.05) is 31.1 Å². The fourth-order valence-electron chi connectivity index (χ4n) is 1.83. The topological polar surface area (TPSA) is 6.48 Å². The highest BCUT2D eigenvalue weighted by Crippen LogP contribution is 2.23. The first-order valence-corrected chi connectivity index (χ1v) is 7.04. The summed E-state index contributed by atoms with van der Waals surface area (Å²) in [6, 6.07) is 10.6. The van der Waals surface area contributed by atoms with Gasteiger partial charge in [0.1, 0.15) is 0 Å². The van der Waals surface area contributed by atoms with Crippen molar-refractivity contribution in [2.24, 2.45) is 0 Å². The zero-order chi connectivity index (χ0) is 11.9. The molecule has 1 aliphatic heterocycles. The Labute approximate surface area is 108 Å². The molecule has 0 aromatic heterocycles. The number of allylic oxidation sites excluding steroid dienone is 1. The molecule has 17 heavy (non-hydrogen) atoms. The van der Waals surface area contributed by atoms with Gasteiger partial charge in [-0.25, -0.2) is 4.31 Å². The van der Waals surface area contributed by atoms with Crippen molar-refractivity contribution >= 4 is 11.9 Å². The third kappa shape index (κ3) is 4.10. The van der Waals surface area contributed by atoms with Crippen molar-refractivity contribution in [3.8, 4) is 0 Å². The van der Waals surface area contributed by atoms with Gasteiger partial charge < -0.3 is 4.90 Å². The van der Waals surface area contributed by atoms with E-state index in [0.29, 0.717) is 0 Å². The lowest BCUT2D eigenvalue weighted by molar-refractivity contribution is 0.257. The highest BCUT2D eigenvalue weighted by atomic mass is 32.2. The third-order valence-corrected chi connectivity index (χ3v) is 3.91. The molecule has 0 radical (unpaired) electrons. The summed E-state index contributed by atoms with van der Waals surface area (Å²) in [7, 11) is 0. The van der Waals surface area contributed by atoms with Crippen molar-refractivity contribution in [1.29, 1.82) is 0 Å². The Kier molecular flexibility index (Phi) is 4.95. The second kappa shape index (κ2) is 6.72. The van der Waals surface area contributed by atoms with E-state index in [-0.39, 0.29) is 0 Å². The van der Waals surface area contributed by atoms with Gasteiger partial charge in [0.15, 0.2) is 0 Å². The van der Waals surface area contributed by atoms with Crippen LogP contribution in [0, 0.1) is 0 Å². The molecule has 2 rings (SSSR count). The van der Waals surface area contributed by atoms with E-state index < -0.39 is 0 Å². The molecule has 0 saturated carbocycles. The van der Waals surface area contributed by atoms with Crippen LogP contribution in [0.1, 0.15) is 13.3 Å². The molecule has 0 amide bonds. The summed E-state index contributed by atoms with van der Waals surface area (Å²) in [5.74, 6) is 0. The number of rotatable bonds is 4. The molecule has 1 aromatic rings. The molecule has 1 aromatic carbocycles. The quantitative estimate of drug-likeness (QED) is 0.755. The fraction of sp³-hybridized carbons (Fsp3) is 0.429. The number of hydrogen-bond donors (Lipinski definition) is 0. The average molecular weight is 248 g/mol. The summed E-state index contributed by atoms with van der Waals surface area (Å²) in [6.45, 7) is 6.71. The first kappa shape index (κ1) is 12.5. The maximum absolute atomic E-state index is 2.45. The van der Waals surface area contributed by atoms with Crippen LogP contribution in [0.5, 0.6) is 0 Å². The minimum absolute atomic E-state index is 1.12. The van der Waals surface area contributed by atoms with Gasteiger partial charge in [-0.15, -0.1) is 0 Å². The summed E-state index contributed by atoms with van der Waals surface area (Å²) >= 11 is 1.87. The second-order valence-corrected chi connectivity index (χ2v) is 5.33. The van der Waals surface area contributed by atoms with Gasteiger partial charge in [0.05, 0.1) is 0 Å². The Bertz CT molecular complexity index is 342. The predicted octanol–water partition coefficient (Wildman–Crippen LogP) is 3.24. The normalized spacial score (nSPS) is 17.8. The lowest BCUT2D eigenvalue weighted by atomic mass is 10.3. The van der Waals surface area contributed by atoms with Crippen molar-refractivity contribution < 1.29 is 0 Å². The summed E-state index contributed by atoms with van der Waals surface area (Å²) in [5, 5.41) is 0. The van der Waals surface area contributed by atoms with Crippen LogP contribution < -0.4 is 0 Å². The smallest absolute Gasteiger partial charge is 0.0310 e. The fourth-order valence-corrected chi connectivity index (χ4v) is 2.75. The van der Waals surface area contributed by atoms with Gasteiger partial charge in [-0.3, -0.25) is 0 Å². The summed E-state index contributed by atoms with van der Waals surface area (Å²) in [6.07, 6.45) is 5.60. The standard InChI is InChI=1S/C14H20N2S/c1-2-3-9-15-10-12-16(13-11-15)17-14-7-5-4-6-8-14/h3-9H,2,10-13H2,1H3/b9-3+. The van der Waals surface area contributed by atoms with Gasteiger partial charge in [-0.2, -0.15) is 0 Å². The number of nitrogens with zero attached hydrogens (tertiary/aromatic N) is 2. The minimum Gasteiger partial charge on any atom is -0.375 e. The molecule has 0 N–H and O–H groups in total. The minimum atomic E-state index is 1.12. The molecule has 0 aliphatic carbocycles. The van der Waals surface area contributed by atoms with Crippen LogP contribution in [-0.2, 0) is 0 Å². The Morgan fingerprint density at radius 3 is 2.47 bits per heavy atom. The Morgan fingerprint density at radius 1 is 1.12 bits per heavy atom. The molecule has 92 valence electrons. The zero-order valence-electron chi connectivity index (χ0n) is 10.4. The van der Waals surface area contributed by atoms with E-state index in [1.165, 1.54) is 4.90 Å². The van der Waals surface area contributed by atoms with Crippen LogP contribution in [0.3, 0.4) is 0 Å². The van der Waals surface area contributed by atoms with E-state index in [9.17, 15) is 0 Å². The summed E-state index contributed by atoms with van der Waals surface area (Å²) in [5.41, 5.74) is 0. The molecule has 1 heterocycles. The molecule has 3 heteroatoms. The maximum atomic E-state index is 2.45. The van der Waals surface area contributed by atoms with Crippen LogP contribution in [0.15, 0.2) is 47.5 Å². The van der Waals surface area contributed by atoms with Crippen molar-refractivity contribution in [3.05, 3.63) is 42.6 Å². The summed E-state index contributed by atoms with van der Waals surface area (Å²) < 4.78 is 2.45. The van der Waals surface area contributed by atoms with Crippen molar-refractivity contribution in [2.45, 2.75) is 18.2 Å². The monoisotopic (exact) mass is 248 g/mol. The molecule has 1 fully saturated rings. The molecule has 0 spiro atoms. The van der Waals surface area contributed by atoms with E-state index in [1.807, 2.05) is 11.9 Å². The van der Waals surface area contributed by atoms with Gasteiger partial charge in [-0.05, 0) is 36.7 Å². The highest BCUT2D eigenvalue weighted by molar-refractivity contribution is 7.97. The molecule has 0 atom stereocenters. The molecular formula is C14H20N2S. The molecule has 1 saturated heterocycles. The van der Waals surface area contributed by atoms with Crippen LogP contribution in [0.2, 0.25) is 0 Å². The second-order valence-electron chi connectivity index (χ2n) is 4.16. The van der Waals surface area contributed by atoms with Crippen LogP contribution in [-0.4, -0.2) is 35.4 Å². The van der Waals surface area contributed by atoms with Crippen LogP contribution >= 0.6 is 11.9 Å². The van der Waals surface area contributed by atoms with Gasteiger partial charge in [0.2, 0.25) is 0 Å². The van der Waals surface area contributed by atoms with E-state index in [1.54, 1.807) is 0 Å². The average Bonchev–Trinajstić information content (AvgIpc) is 2.39. The van der Waals surface area contributed by atoms with Crippen molar-refractivity contribution in [2.75, 3.05) is 26.2 Å². The SMILES string of the molecule is CC/C=C/N1CCN(Sc2ccccc2)CC1. The van der Waals surface area contributed by atoms with E-state index in [4.69, 9.17) is 0 Å². The summed E-state index contributed by atoms with van der Waals surface area (Å²) in [4.78, 5) is 3.75. The molecule has 1 aliphatic rings. The third-order valence-electron chi connectivity index (χ3n) is 2.80. The maximum Gasteiger partial charge on any atom is 0.0310 e. The number of piperazine rings is 1. The number of hydrogen-bond acceptors (Lipinski definition) is 3. The largest absolute Gasteiger partial charge is 0.375 e. The zero-order valence-corrected chi connectivity index (χ0v) is 11.2. The Balaban J connectivity index is 1.78. The van der Waals surface area contributed by atoms with E-state index in [0.717, 1.165) is 32.6 Å². The highest BCUT2D eigenvalue weighted by Gasteiger charge is 2.14. The lowest BCUT2D eigenvalue weighted by Crippen LogP contribution is -2.40. The van der Waals surface area contributed by atoms with Crippen molar-refractivity contribution in [1.82, 2.24) is 9.21 Å². The van der Waals surface area contributed by atoms with E-state index >= 15 is 0 Å². The van der Waals surface area contributed by atoms with Crippen molar-refractivity contribution in [3.63, 3.8) is 0 Å². The van der Waals surface area contributed by atoms with E-state index in [2.05, 4.69) is 58.7 Å². The Morgan fingerprint density at radius 2 is 1.82 bits per heavy atom. The van der Waals surface area contributed by atoms with Gasteiger partial charge >= 0.3 is 0 Å². The van der Waals surface area contributed by atoms with Crippen LogP contribution in [0.4, 0.5) is 0 Å². The Hall–Kier alpha value is -0.930. The van der Waals surface area contributed by atoms with Gasteiger partial charge in [-0.1, -0.05) is 31.2 Å². The predicted molar refractivity (Wildman–Crippen MR) is 74.9 cm³/mol. The first-order valence-electron chi connectivity index (χ1n) is 6.27. The molecule has 0 unspecified atom stereocenters. The first-order chi connectivity index (χ1) is 8.38.